The first-order valence-electron chi connectivity index (χ1n) is 15.3. The Balaban J connectivity index is 1.27. The summed E-state index contributed by atoms with van der Waals surface area (Å²) in [6, 6.07) is 37.8. The molecule has 1 heterocycles. The lowest BCUT2D eigenvalue weighted by Gasteiger charge is -2.22. The van der Waals surface area contributed by atoms with E-state index < -0.39 is 0 Å². The third-order valence-corrected chi connectivity index (χ3v) is 9.88. The first kappa shape index (κ1) is 26.3. The zero-order valence-corrected chi connectivity index (χ0v) is 25.2. The van der Waals surface area contributed by atoms with Gasteiger partial charge in [0.2, 0.25) is 0 Å². The van der Waals surface area contributed by atoms with Gasteiger partial charge in [-0.05, 0) is 85.5 Å². The van der Waals surface area contributed by atoms with Crippen molar-refractivity contribution < 1.29 is 0 Å². The molecule has 5 aromatic carbocycles. The quantitative estimate of drug-likeness (QED) is 0.221. The van der Waals surface area contributed by atoms with Gasteiger partial charge in [-0.1, -0.05) is 118 Å². The van der Waals surface area contributed by atoms with Crippen LogP contribution in [-0.4, -0.2) is 4.57 Å². The molecule has 0 atom stereocenters. The third kappa shape index (κ3) is 3.55. The number of nitrogens with two attached hydrogens (primary N) is 1. The molecular formula is C42H34N2. The Labute approximate surface area is 258 Å². The van der Waals surface area contributed by atoms with Crippen LogP contribution in [0.1, 0.15) is 41.7 Å². The summed E-state index contributed by atoms with van der Waals surface area (Å²) in [5.74, 6) is 0. The van der Waals surface area contributed by atoms with Crippen molar-refractivity contribution in [3.63, 3.8) is 0 Å². The molecule has 2 aliphatic rings. The summed E-state index contributed by atoms with van der Waals surface area (Å²) in [4.78, 5) is 0. The van der Waals surface area contributed by atoms with Gasteiger partial charge in [-0.2, -0.15) is 0 Å². The topological polar surface area (TPSA) is 30.9 Å². The highest BCUT2D eigenvalue weighted by atomic mass is 15.0. The molecule has 0 amide bonds. The fourth-order valence-corrected chi connectivity index (χ4v) is 7.81. The number of nitrogens with zero attached hydrogens (tertiary/aromatic N) is 1. The standard InChI is InChI=1S/C42H34N2/c1-5-29-34-22-26(18-20-38(34)42(3,4)37(29)6-2)27-19-21-40-35(23-27)32-15-9-10-17-39(32)44(40)25-28-12-11-16-33-30-13-7-8-14-31(30)36(24-43)41(28)33/h5-24H,1-2,25,43H2,3-4H3/b36-24-. The highest BCUT2D eigenvalue weighted by molar-refractivity contribution is 6.10. The van der Waals surface area contributed by atoms with E-state index in [1.54, 1.807) is 6.20 Å². The molecular weight excluding hydrogens is 532 g/mol. The lowest BCUT2D eigenvalue weighted by Crippen LogP contribution is -2.15. The molecule has 8 rings (SSSR count). The largest absolute Gasteiger partial charge is 0.404 e. The average Bonchev–Trinajstić information content (AvgIpc) is 3.63. The zero-order chi connectivity index (χ0) is 30.2. The van der Waals surface area contributed by atoms with Crippen molar-refractivity contribution in [1.29, 1.82) is 0 Å². The molecule has 2 N–H and O–H groups in total. The number of hydrogen-bond acceptors (Lipinski definition) is 1. The van der Waals surface area contributed by atoms with E-state index in [1.807, 2.05) is 12.2 Å². The molecule has 1 aromatic heterocycles. The maximum atomic E-state index is 6.26. The van der Waals surface area contributed by atoms with E-state index in [1.165, 1.54) is 83.0 Å². The summed E-state index contributed by atoms with van der Waals surface area (Å²) < 4.78 is 2.46. The van der Waals surface area contributed by atoms with E-state index in [-0.39, 0.29) is 5.41 Å². The first-order chi connectivity index (χ1) is 21.5. The molecule has 0 bridgehead atoms. The van der Waals surface area contributed by atoms with Crippen LogP contribution < -0.4 is 5.73 Å². The second-order valence-electron chi connectivity index (χ2n) is 12.4. The van der Waals surface area contributed by atoms with E-state index in [0.717, 1.165) is 12.1 Å². The van der Waals surface area contributed by atoms with Gasteiger partial charge in [0.15, 0.2) is 0 Å². The van der Waals surface area contributed by atoms with Crippen LogP contribution in [0.25, 0.3) is 55.2 Å². The fraction of sp³-hybridized carbons (Fsp3) is 0.0952. The van der Waals surface area contributed by atoms with Gasteiger partial charge in [0.1, 0.15) is 0 Å². The van der Waals surface area contributed by atoms with Crippen molar-refractivity contribution >= 4 is 33.0 Å². The second-order valence-corrected chi connectivity index (χ2v) is 12.4. The van der Waals surface area contributed by atoms with E-state index in [9.17, 15) is 0 Å². The summed E-state index contributed by atoms with van der Waals surface area (Å²) >= 11 is 0. The molecule has 44 heavy (non-hydrogen) atoms. The second kappa shape index (κ2) is 9.59. The van der Waals surface area contributed by atoms with Gasteiger partial charge in [-0.15, -0.1) is 0 Å². The Bertz CT molecular complexity index is 2270. The van der Waals surface area contributed by atoms with Gasteiger partial charge in [0, 0.05) is 45.5 Å². The number of aromatic nitrogens is 1. The van der Waals surface area contributed by atoms with Crippen molar-refractivity contribution in [3.8, 4) is 22.3 Å². The maximum absolute atomic E-state index is 6.26. The van der Waals surface area contributed by atoms with Gasteiger partial charge < -0.3 is 10.3 Å². The van der Waals surface area contributed by atoms with Crippen molar-refractivity contribution in [1.82, 2.24) is 4.57 Å². The SMILES string of the molecule is C=CC1=C(C=C)C(C)(C)c2ccc(-c3ccc4c(c3)c3ccccc3n4Cc3cccc4c3/C(=C\N)c3ccccc3-4)cc21. The van der Waals surface area contributed by atoms with Crippen LogP contribution >= 0.6 is 0 Å². The van der Waals surface area contributed by atoms with E-state index in [0.29, 0.717) is 0 Å². The first-order valence-corrected chi connectivity index (χ1v) is 15.3. The molecule has 2 aliphatic carbocycles. The van der Waals surface area contributed by atoms with Crippen LogP contribution in [0.4, 0.5) is 0 Å². The molecule has 2 nitrogen and oxygen atoms in total. The lowest BCUT2D eigenvalue weighted by atomic mass is 9.81. The molecule has 6 aromatic rings. The van der Waals surface area contributed by atoms with Gasteiger partial charge in [0.05, 0.1) is 0 Å². The van der Waals surface area contributed by atoms with Crippen molar-refractivity contribution in [2.75, 3.05) is 0 Å². The maximum Gasteiger partial charge on any atom is 0.0494 e. The van der Waals surface area contributed by atoms with E-state index in [4.69, 9.17) is 5.73 Å². The molecule has 2 heteroatoms. The smallest absolute Gasteiger partial charge is 0.0494 e. The number of benzene rings is 5. The van der Waals surface area contributed by atoms with Crippen molar-refractivity contribution in [3.05, 3.63) is 168 Å². The minimum Gasteiger partial charge on any atom is -0.404 e. The van der Waals surface area contributed by atoms with Crippen LogP contribution in [0.5, 0.6) is 0 Å². The van der Waals surface area contributed by atoms with Gasteiger partial charge in [-0.3, -0.25) is 0 Å². The zero-order valence-electron chi connectivity index (χ0n) is 25.2. The van der Waals surface area contributed by atoms with Crippen LogP contribution in [0.15, 0.2) is 140 Å². The minimum absolute atomic E-state index is 0.0888. The molecule has 0 spiro atoms. The average molecular weight is 567 g/mol. The Kier molecular flexibility index (Phi) is 5.73. The van der Waals surface area contributed by atoms with E-state index in [2.05, 4.69) is 135 Å². The van der Waals surface area contributed by atoms with Gasteiger partial charge in [0.25, 0.3) is 0 Å². The summed E-state index contributed by atoms with van der Waals surface area (Å²) in [7, 11) is 0. The summed E-state index contributed by atoms with van der Waals surface area (Å²) in [6.45, 7) is 13.6. The third-order valence-electron chi connectivity index (χ3n) is 9.88. The van der Waals surface area contributed by atoms with Crippen LogP contribution in [0.3, 0.4) is 0 Å². The van der Waals surface area contributed by atoms with Gasteiger partial charge >= 0.3 is 0 Å². The van der Waals surface area contributed by atoms with Crippen LogP contribution in [0, 0.1) is 0 Å². The Hall–Kier alpha value is -5.34. The number of rotatable bonds is 5. The normalized spacial score (nSPS) is 15.5. The predicted octanol–water partition coefficient (Wildman–Crippen LogP) is 10.3. The predicted molar refractivity (Wildman–Crippen MR) is 187 cm³/mol. The Morgan fingerprint density at radius 1 is 0.682 bits per heavy atom. The van der Waals surface area contributed by atoms with Crippen molar-refractivity contribution in [2.45, 2.75) is 25.8 Å². The number of para-hydroxylation sites is 1. The molecule has 0 fully saturated rings. The molecule has 0 aliphatic heterocycles. The number of hydrogen-bond donors (Lipinski definition) is 1. The summed E-state index contributed by atoms with van der Waals surface area (Å²) in [6.07, 6.45) is 5.75. The Morgan fingerprint density at radius 3 is 2.18 bits per heavy atom. The fourth-order valence-electron chi connectivity index (χ4n) is 7.81. The van der Waals surface area contributed by atoms with Gasteiger partial charge in [-0.25, -0.2) is 0 Å². The molecule has 0 unspecified atom stereocenters. The molecule has 0 saturated heterocycles. The monoisotopic (exact) mass is 566 g/mol. The Morgan fingerprint density at radius 2 is 1.39 bits per heavy atom. The molecule has 212 valence electrons. The minimum atomic E-state index is -0.0888. The van der Waals surface area contributed by atoms with Crippen LogP contribution in [0.2, 0.25) is 0 Å². The van der Waals surface area contributed by atoms with Crippen molar-refractivity contribution in [2.24, 2.45) is 5.73 Å². The lowest BCUT2D eigenvalue weighted by molar-refractivity contribution is 0.654. The summed E-state index contributed by atoms with van der Waals surface area (Å²) in [5, 5.41) is 2.52. The summed E-state index contributed by atoms with van der Waals surface area (Å²) in [5.41, 5.74) is 23.4. The molecule has 0 radical (unpaired) electrons. The molecule has 0 saturated carbocycles. The van der Waals surface area contributed by atoms with E-state index >= 15 is 0 Å². The highest BCUT2D eigenvalue weighted by Gasteiger charge is 2.35. The number of fused-ring (bicyclic) bond motifs is 7. The van der Waals surface area contributed by atoms with Crippen LogP contribution in [-0.2, 0) is 12.0 Å². The highest BCUT2D eigenvalue weighted by Crippen LogP contribution is 2.49. The number of allylic oxidation sites excluding steroid dienone is 4.